The number of nitrogens with one attached hydrogen (secondary N) is 6. The maximum absolute atomic E-state index is 12.7. The Balaban J connectivity index is 0.000000139. The lowest BCUT2D eigenvalue weighted by molar-refractivity contribution is -0.147. The van der Waals surface area contributed by atoms with Crippen molar-refractivity contribution in [2.24, 2.45) is 17.8 Å². The van der Waals surface area contributed by atoms with Crippen molar-refractivity contribution in [2.45, 2.75) is 104 Å². The first-order chi connectivity index (χ1) is 58.0. The zero-order valence-electron chi connectivity index (χ0n) is 68.0. The SMILES string of the molecule is CC(CC(=O)c1cnc(N2CCN(CC(F)(F)F)CC2)o1)Cc1c[nH]c2ccccc12.CC(CC(=O)c1nc(N2CCN(CC(F)(F)F)CC2)n[nH]1)Cc1c[nH]c2ccccc12.CC(Cc1c[nH]c2ccccc12)NC(=O)c1nnc(N2CCN(CC(F)(F)F)CC2)s1.CCN1CCN(c2nnc(C(=O)CC(C)Cc3c[nH]c4ccccc34)s2)CC1. The molecule has 121 heavy (non-hydrogen) atoms. The van der Waals surface area contributed by atoms with Crippen LogP contribution in [0.15, 0.2) is 132 Å². The van der Waals surface area contributed by atoms with Crippen LogP contribution in [0.5, 0.6) is 0 Å². The Morgan fingerprint density at radius 2 is 0.810 bits per heavy atom. The molecule has 0 radical (unpaired) electrons. The Hall–Kier alpha value is -10.6. The number of hydrogen-bond acceptors (Lipinski definition) is 22. The second kappa shape index (κ2) is 39.9. The van der Waals surface area contributed by atoms with Gasteiger partial charge in [0, 0.05) is 198 Å². The van der Waals surface area contributed by atoms with Gasteiger partial charge in [0.25, 0.3) is 11.9 Å². The van der Waals surface area contributed by atoms with E-state index < -0.39 is 38.2 Å². The third-order valence-corrected chi connectivity index (χ3v) is 23.9. The molecule has 1 amide bonds. The van der Waals surface area contributed by atoms with E-state index in [1.165, 1.54) is 54.3 Å². The molecule has 4 aliphatic rings. The first-order valence-electron chi connectivity index (χ1n) is 40.7. The van der Waals surface area contributed by atoms with E-state index in [1.807, 2.05) is 111 Å². The summed E-state index contributed by atoms with van der Waals surface area (Å²) in [5.74, 6) is 0.791. The molecule has 0 aliphatic carbocycles. The number of piperazine rings is 4. The van der Waals surface area contributed by atoms with Crippen molar-refractivity contribution in [2.75, 3.05) is 150 Å². The average molecular weight is 1720 g/mol. The number of Topliss-reactive ketones (excluding diaryl/α,β-unsaturated/α-hetero) is 3. The number of alkyl halides is 9. The van der Waals surface area contributed by atoms with E-state index in [1.54, 1.807) is 9.80 Å². The van der Waals surface area contributed by atoms with E-state index in [4.69, 9.17) is 4.42 Å². The van der Waals surface area contributed by atoms with Gasteiger partial charge in [0.1, 0.15) is 0 Å². The minimum Gasteiger partial charge on any atom is -0.420 e. The number of fused-ring (bicyclic) bond motifs is 4. The summed E-state index contributed by atoms with van der Waals surface area (Å²) < 4.78 is 118. The van der Waals surface area contributed by atoms with Crippen molar-refractivity contribution < 1.29 is 63.1 Å². The maximum Gasteiger partial charge on any atom is 0.401 e. The van der Waals surface area contributed by atoms with E-state index in [2.05, 4.69) is 126 Å². The van der Waals surface area contributed by atoms with Gasteiger partial charge in [-0.25, -0.2) is 4.98 Å². The van der Waals surface area contributed by atoms with Crippen LogP contribution in [0.25, 0.3) is 43.6 Å². The van der Waals surface area contributed by atoms with Gasteiger partial charge in [0.2, 0.25) is 21.2 Å². The Labute approximate surface area is 701 Å². The molecule has 26 nitrogen and oxygen atoms in total. The maximum atomic E-state index is 12.7. The highest BCUT2D eigenvalue weighted by atomic mass is 32.1. The molecule has 16 rings (SSSR count). The summed E-state index contributed by atoms with van der Waals surface area (Å²) in [7, 11) is 0. The van der Waals surface area contributed by atoms with Crippen LogP contribution in [0.4, 0.5) is 61.7 Å². The van der Waals surface area contributed by atoms with Crippen LogP contribution in [-0.4, -0.2) is 259 Å². The highest BCUT2D eigenvalue weighted by Gasteiger charge is 2.37. The number of para-hydroxylation sites is 4. The zero-order chi connectivity index (χ0) is 85.5. The number of oxazole rings is 1. The lowest BCUT2D eigenvalue weighted by Crippen LogP contribution is -2.49. The highest BCUT2D eigenvalue weighted by Crippen LogP contribution is 2.32. The minimum absolute atomic E-state index is 0.100. The van der Waals surface area contributed by atoms with Gasteiger partial charge in [0.15, 0.2) is 33.9 Å². The predicted molar refractivity (Wildman–Crippen MR) is 450 cm³/mol. The number of amides is 1. The van der Waals surface area contributed by atoms with Crippen molar-refractivity contribution in [3.8, 4) is 0 Å². The average Bonchev–Trinajstić information content (AvgIpc) is 1.68. The van der Waals surface area contributed by atoms with Crippen molar-refractivity contribution >= 4 is 112 Å². The van der Waals surface area contributed by atoms with Gasteiger partial charge in [0.05, 0.1) is 25.8 Å². The molecule has 0 spiro atoms. The number of anilines is 4. The summed E-state index contributed by atoms with van der Waals surface area (Å²) in [5, 5.41) is 33.2. The van der Waals surface area contributed by atoms with Gasteiger partial charge < -0.3 is 54.2 Å². The van der Waals surface area contributed by atoms with Gasteiger partial charge in [-0.1, -0.05) is 123 Å². The van der Waals surface area contributed by atoms with Crippen molar-refractivity contribution in [1.29, 1.82) is 0 Å². The number of aromatic amines is 5. The second-order valence-electron chi connectivity index (χ2n) is 31.7. The number of hydrogen-bond donors (Lipinski definition) is 6. The van der Waals surface area contributed by atoms with Gasteiger partial charge in [-0.05, 0) is 103 Å². The molecular weight excluding hydrogens is 1620 g/mol. The number of nitrogens with zero attached hydrogens (tertiary/aromatic N) is 15. The predicted octanol–water partition coefficient (Wildman–Crippen LogP) is 14.4. The van der Waals surface area contributed by atoms with Crippen LogP contribution in [0.3, 0.4) is 0 Å². The van der Waals surface area contributed by atoms with Crippen LogP contribution in [0.2, 0.25) is 0 Å². The molecule has 0 bridgehead atoms. The normalized spacial score (nSPS) is 16.6. The number of likely N-dealkylation sites (N-methyl/N-ethyl adjacent to an activating group) is 1. The summed E-state index contributed by atoms with van der Waals surface area (Å²) in [4.78, 5) is 86.4. The molecule has 4 aromatic carbocycles. The number of carbonyl (C=O) groups is 4. The molecule has 8 aromatic heterocycles. The molecule has 4 fully saturated rings. The van der Waals surface area contributed by atoms with Crippen molar-refractivity contribution in [3.05, 3.63) is 172 Å². The molecule has 4 atom stereocenters. The van der Waals surface area contributed by atoms with Crippen molar-refractivity contribution in [1.82, 2.24) is 85.4 Å². The standard InChI is InChI=1S/C22H25F3N4O2.C21H25F3N6O.C21H27N5OS.C20H23F3N6OS/c1-15(10-16-12-26-18-5-3-2-4-17(16)18)11-19(30)20-13-27-21(31-20)29-8-6-28(7-9-29)14-22(23,24)25;1-14(10-15-12-25-17-5-3-2-4-16(15)17)11-18(31)19-26-20(28-27-19)30-8-6-29(7-9-30)13-21(22,23)24;1-3-25-8-10-26(11-9-25)21-24-23-20(28-21)19(27)13-15(2)12-16-14-22-18-7-5-4-6-17(16)18;1-13(10-14-11-24-16-5-3-2-4-15(14)16)25-17(30)18-26-27-19(31-18)29-8-6-28(7-9-29)12-20(21,22)23/h2-5,12-13,15,26H,6-11,14H2,1H3;2-5,12,14,25H,6-11,13H2,1H3,(H,26,27,28);4-7,14-15,22H,3,8-13H2,1-2H3;2-5,11,13,24H,6-10,12H2,1H3,(H,25,30). The Morgan fingerprint density at radius 1 is 0.446 bits per heavy atom. The number of aromatic nitrogens is 12. The first-order valence-corrected chi connectivity index (χ1v) is 42.4. The molecule has 6 N–H and O–H groups in total. The fourth-order valence-corrected chi connectivity index (χ4v) is 17.4. The fraction of sp³-hybridized carbons (Fsp3) is 0.464. The summed E-state index contributed by atoms with van der Waals surface area (Å²) in [6.45, 7) is 16.7. The number of benzene rings is 4. The molecule has 12 aromatic rings. The van der Waals surface area contributed by atoms with Gasteiger partial charge in [-0.3, -0.25) is 39.0 Å². The Morgan fingerprint density at radius 3 is 1.23 bits per heavy atom. The molecule has 0 saturated carbocycles. The number of carbonyl (C=O) groups excluding carboxylic acids is 4. The number of ketones is 3. The van der Waals surface area contributed by atoms with Crippen molar-refractivity contribution in [3.63, 3.8) is 0 Å². The van der Waals surface area contributed by atoms with Gasteiger partial charge >= 0.3 is 18.5 Å². The van der Waals surface area contributed by atoms with E-state index in [9.17, 15) is 58.7 Å². The Bertz CT molecular complexity index is 4970. The molecular formula is C84H100F9N21O5S2. The van der Waals surface area contributed by atoms with Crippen LogP contribution in [-0.2, 0) is 25.7 Å². The van der Waals surface area contributed by atoms with Crippen LogP contribution in [0, 0.1) is 17.8 Å². The number of H-pyrrole nitrogens is 5. The van der Waals surface area contributed by atoms with Crippen LogP contribution < -0.4 is 24.9 Å². The second-order valence-corrected chi connectivity index (χ2v) is 33.6. The summed E-state index contributed by atoms with van der Waals surface area (Å²) in [6.07, 6.45) is 1.02. The minimum atomic E-state index is -4.20. The molecule has 4 saturated heterocycles. The molecule has 646 valence electrons. The van der Waals surface area contributed by atoms with Crippen LogP contribution in [0.1, 0.15) is 117 Å². The highest BCUT2D eigenvalue weighted by molar-refractivity contribution is 7.17. The van der Waals surface area contributed by atoms with E-state index >= 15 is 0 Å². The third kappa shape index (κ3) is 24.6. The quantitative estimate of drug-likeness (QED) is 0.0206. The lowest BCUT2D eigenvalue weighted by atomic mass is 9.95. The number of halogens is 9. The topological polar surface area (TPSA) is 289 Å². The van der Waals surface area contributed by atoms with E-state index in [0.717, 1.165) is 112 Å². The monoisotopic (exact) mass is 1720 g/mol. The Kier molecular flexibility index (Phi) is 29.1. The molecule has 37 heteroatoms. The summed E-state index contributed by atoms with van der Waals surface area (Å²) in [5.41, 5.74) is 9.09. The fourth-order valence-electron chi connectivity index (χ4n) is 15.7. The molecule has 12 heterocycles. The third-order valence-electron chi connectivity index (χ3n) is 21.9. The lowest BCUT2D eigenvalue weighted by Gasteiger charge is -2.34. The van der Waals surface area contributed by atoms with Crippen LogP contribution >= 0.6 is 22.7 Å². The number of rotatable bonds is 27. The zero-order valence-corrected chi connectivity index (χ0v) is 69.6. The van der Waals surface area contributed by atoms with Gasteiger partial charge in [-0.2, -0.15) is 44.5 Å². The smallest absolute Gasteiger partial charge is 0.401 e. The summed E-state index contributed by atoms with van der Waals surface area (Å²) in [6, 6.07) is 32.6. The largest absolute Gasteiger partial charge is 0.420 e. The molecule has 4 aliphatic heterocycles. The van der Waals surface area contributed by atoms with Gasteiger partial charge in [-0.15, -0.1) is 25.5 Å². The van der Waals surface area contributed by atoms with E-state index in [-0.39, 0.29) is 89.8 Å². The summed E-state index contributed by atoms with van der Waals surface area (Å²) >= 11 is 2.60. The first kappa shape index (κ1) is 88.2. The van der Waals surface area contributed by atoms with E-state index in [0.29, 0.717) is 100 Å². The molecule has 4 unspecified atom stereocenters.